The second-order valence-corrected chi connectivity index (χ2v) is 5.85. The molecule has 1 aliphatic rings. The van der Waals surface area contributed by atoms with E-state index >= 15 is 0 Å². The van der Waals surface area contributed by atoms with Gasteiger partial charge >= 0.3 is 6.18 Å². The number of hydrogen-bond donors (Lipinski definition) is 3. The van der Waals surface area contributed by atoms with E-state index in [0.717, 1.165) is 24.0 Å². The minimum Gasteiger partial charge on any atom is -0.370 e. The van der Waals surface area contributed by atoms with E-state index in [1.165, 1.54) is 0 Å². The van der Waals surface area contributed by atoms with Crippen molar-refractivity contribution in [1.82, 2.24) is 5.32 Å². The summed E-state index contributed by atoms with van der Waals surface area (Å²) in [5.74, 6) is -3.64. The molecule has 4 N–H and O–H groups in total. The number of ether oxygens (including phenoxy) is 1. The first-order chi connectivity index (χ1) is 13.0. The molecule has 0 aromatic heterocycles. The highest BCUT2D eigenvalue weighted by Crippen LogP contribution is 2.38. The van der Waals surface area contributed by atoms with Gasteiger partial charge in [-0.05, 0) is 18.2 Å². The zero-order valence-corrected chi connectivity index (χ0v) is 14.6. The van der Waals surface area contributed by atoms with Crippen molar-refractivity contribution in [3.8, 4) is 0 Å². The molecule has 1 atom stereocenters. The van der Waals surface area contributed by atoms with Gasteiger partial charge in [0.1, 0.15) is 6.61 Å². The first-order valence-electron chi connectivity index (χ1n) is 7.97. The van der Waals surface area contributed by atoms with E-state index in [0.29, 0.717) is 6.07 Å². The maximum atomic E-state index is 13.5. The lowest BCUT2D eigenvalue weighted by Gasteiger charge is -2.29. The fraction of sp³-hybridized carbons (Fsp3) is 0.375. The molecule has 2 rings (SSSR count). The quantitative estimate of drug-likeness (QED) is 0.597. The number of nitrogens with one attached hydrogen (secondary N) is 2. The summed E-state index contributed by atoms with van der Waals surface area (Å²) in [7, 11) is 0. The standard InChI is InChI=1S/C16H17F3N4O5/c1-8(24)21-13(14(20)26)15(27)22-9-2-3-11(10(6-9)16(17,18)19)23-4-5-28-7-12(23)25/h2-3,6,13H,4-5,7H2,1H3,(H2,20,26)(H,21,24)(H,22,27)/t13-/m0/s1. The molecule has 0 bridgehead atoms. The molecule has 0 radical (unpaired) electrons. The second kappa shape index (κ2) is 8.25. The Morgan fingerprint density at radius 3 is 2.50 bits per heavy atom. The summed E-state index contributed by atoms with van der Waals surface area (Å²) in [6.45, 7) is 0.727. The Morgan fingerprint density at radius 1 is 1.29 bits per heavy atom. The van der Waals surface area contributed by atoms with Crippen molar-refractivity contribution in [3.63, 3.8) is 0 Å². The van der Waals surface area contributed by atoms with Gasteiger partial charge < -0.3 is 26.0 Å². The Labute approximate surface area is 157 Å². The van der Waals surface area contributed by atoms with Crippen LogP contribution in [0.3, 0.4) is 0 Å². The largest absolute Gasteiger partial charge is 0.418 e. The van der Waals surface area contributed by atoms with Gasteiger partial charge in [0.25, 0.3) is 11.8 Å². The second-order valence-electron chi connectivity index (χ2n) is 5.85. The van der Waals surface area contributed by atoms with Crippen LogP contribution in [0.4, 0.5) is 24.5 Å². The third-order valence-corrected chi connectivity index (χ3v) is 3.74. The molecule has 1 fully saturated rings. The predicted octanol–water partition coefficient (Wildman–Crippen LogP) is -0.00290. The monoisotopic (exact) mass is 402 g/mol. The maximum Gasteiger partial charge on any atom is 0.418 e. The molecule has 0 unspecified atom stereocenters. The molecule has 0 saturated carbocycles. The van der Waals surface area contributed by atoms with Gasteiger partial charge in [-0.3, -0.25) is 19.2 Å². The molecule has 1 aromatic rings. The number of primary amides is 1. The Balaban J connectivity index is 2.34. The Kier molecular flexibility index (Phi) is 6.23. The number of nitrogens with two attached hydrogens (primary N) is 1. The van der Waals surface area contributed by atoms with Crippen molar-refractivity contribution in [2.45, 2.75) is 19.1 Å². The Hall–Kier alpha value is -3.15. The number of alkyl halides is 3. The number of rotatable bonds is 5. The van der Waals surface area contributed by atoms with Gasteiger partial charge in [-0.1, -0.05) is 0 Å². The molecule has 1 aliphatic heterocycles. The van der Waals surface area contributed by atoms with E-state index in [1.807, 2.05) is 5.32 Å². The minimum atomic E-state index is -4.82. The van der Waals surface area contributed by atoms with Gasteiger partial charge in [0.2, 0.25) is 11.8 Å². The molecular formula is C16H17F3N4O5. The molecular weight excluding hydrogens is 385 g/mol. The average Bonchev–Trinajstić information content (AvgIpc) is 2.59. The number of amides is 4. The lowest BCUT2D eigenvalue weighted by molar-refractivity contribution is -0.137. The van der Waals surface area contributed by atoms with Crippen molar-refractivity contribution in [1.29, 1.82) is 0 Å². The van der Waals surface area contributed by atoms with E-state index in [-0.39, 0.29) is 31.1 Å². The number of hydrogen-bond acceptors (Lipinski definition) is 5. The van der Waals surface area contributed by atoms with Gasteiger partial charge in [0, 0.05) is 19.2 Å². The number of anilines is 2. The summed E-state index contributed by atoms with van der Waals surface area (Å²) in [5.41, 5.74) is 3.19. The lowest BCUT2D eigenvalue weighted by atomic mass is 10.1. The first-order valence-corrected chi connectivity index (χ1v) is 7.97. The molecule has 152 valence electrons. The summed E-state index contributed by atoms with van der Waals surface area (Å²) in [5, 5.41) is 4.10. The van der Waals surface area contributed by atoms with Gasteiger partial charge in [-0.25, -0.2) is 0 Å². The SMILES string of the molecule is CC(=O)N[C@@H](C(N)=O)C(=O)Nc1ccc(N2CCOCC2=O)c(C(F)(F)F)c1. The average molecular weight is 402 g/mol. The van der Waals surface area contributed by atoms with Crippen LogP contribution in [0.5, 0.6) is 0 Å². The van der Waals surface area contributed by atoms with Crippen molar-refractivity contribution in [2.75, 3.05) is 30.0 Å². The molecule has 28 heavy (non-hydrogen) atoms. The van der Waals surface area contributed by atoms with Crippen LogP contribution in [-0.2, 0) is 30.1 Å². The van der Waals surface area contributed by atoms with Crippen LogP contribution < -0.4 is 21.3 Å². The van der Waals surface area contributed by atoms with Crippen molar-refractivity contribution < 1.29 is 37.1 Å². The van der Waals surface area contributed by atoms with Gasteiger partial charge in [-0.15, -0.1) is 0 Å². The van der Waals surface area contributed by atoms with Crippen molar-refractivity contribution >= 4 is 35.0 Å². The van der Waals surface area contributed by atoms with Crippen LogP contribution in [0.2, 0.25) is 0 Å². The highest BCUT2D eigenvalue weighted by molar-refractivity contribution is 6.11. The Morgan fingerprint density at radius 2 is 1.96 bits per heavy atom. The topological polar surface area (TPSA) is 131 Å². The molecule has 0 aliphatic carbocycles. The van der Waals surface area contributed by atoms with Crippen LogP contribution in [0.1, 0.15) is 12.5 Å². The number of carbonyl (C=O) groups is 4. The third kappa shape index (κ3) is 4.97. The number of nitrogens with zero attached hydrogens (tertiary/aromatic N) is 1. The van der Waals surface area contributed by atoms with Crippen molar-refractivity contribution in [3.05, 3.63) is 23.8 Å². The summed E-state index contributed by atoms with van der Waals surface area (Å²) >= 11 is 0. The summed E-state index contributed by atoms with van der Waals surface area (Å²) < 4.78 is 45.4. The highest BCUT2D eigenvalue weighted by atomic mass is 19.4. The number of carbonyl (C=O) groups excluding carboxylic acids is 4. The summed E-state index contributed by atoms with van der Waals surface area (Å²) in [6, 6.07) is 1.03. The normalized spacial score (nSPS) is 15.7. The minimum absolute atomic E-state index is 0.0557. The first kappa shape index (κ1) is 21.2. The van der Waals surface area contributed by atoms with E-state index in [1.54, 1.807) is 0 Å². The van der Waals surface area contributed by atoms with Gasteiger partial charge in [0.15, 0.2) is 6.04 Å². The van der Waals surface area contributed by atoms with Crippen LogP contribution in [0.15, 0.2) is 18.2 Å². The lowest BCUT2D eigenvalue weighted by Crippen LogP contribution is -2.51. The Bertz CT molecular complexity index is 812. The highest BCUT2D eigenvalue weighted by Gasteiger charge is 2.37. The van der Waals surface area contributed by atoms with Gasteiger partial charge in [-0.2, -0.15) is 13.2 Å². The predicted molar refractivity (Wildman–Crippen MR) is 90.0 cm³/mol. The molecule has 0 spiro atoms. The molecule has 1 aromatic carbocycles. The molecule has 4 amide bonds. The van der Waals surface area contributed by atoms with E-state index in [2.05, 4.69) is 5.32 Å². The van der Waals surface area contributed by atoms with Crippen LogP contribution in [-0.4, -0.2) is 49.4 Å². The third-order valence-electron chi connectivity index (χ3n) is 3.74. The fourth-order valence-corrected chi connectivity index (χ4v) is 2.53. The number of halogens is 3. The smallest absolute Gasteiger partial charge is 0.370 e. The molecule has 1 saturated heterocycles. The fourth-order valence-electron chi connectivity index (χ4n) is 2.53. The van der Waals surface area contributed by atoms with Crippen LogP contribution in [0, 0.1) is 0 Å². The van der Waals surface area contributed by atoms with Gasteiger partial charge in [0.05, 0.1) is 17.9 Å². The molecule has 12 heteroatoms. The number of morpholine rings is 1. The zero-order chi connectivity index (χ0) is 21.1. The molecule has 9 nitrogen and oxygen atoms in total. The van der Waals surface area contributed by atoms with Crippen LogP contribution in [0.25, 0.3) is 0 Å². The maximum absolute atomic E-state index is 13.5. The van der Waals surface area contributed by atoms with E-state index in [9.17, 15) is 32.3 Å². The van der Waals surface area contributed by atoms with E-state index < -0.39 is 41.4 Å². The van der Waals surface area contributed by atoms with Crippen LogP contribution >= 0.6 is 0 Å². The molecule has 1 heterocycles. The summed E-state index contributed by atoms with van der Waals surface area (Å²) in [4.78, 5) is 47.3. The zero-order valence-electron chi connectivity index (χ0n) is 14.6. The van der Waals surface area contributed by atoms with E-state index in [4.69, 9.17) is 10.5 Å². The summed E-state index contributed by atoms with van der Waals surface area (Å²) in [6.07, 6.45) is -4.82. The van der Waals surface area contributed by atoms with Crippen molar-refractivity contribution in [2.24, 2.45) is 5.73 Å². The number of benzene rings is 1.